The van der Waals surface area contributed by atoms with Crippen molar-refractivity contribution in [2.45, 2.75) is 13.0 Å². The van der Waals surface area contributed by atoms with Crippen molar-refractivity contribution >= 4 is 5.97 Å². The Balaban J connectivity index is 1.82. The summed E-state index contributed by atoms with van der Waals surface area (Å²) in [7, 11) is 0. The SMILES string of the molecule is C=C(C)C(=O)OCC(Oc1cccc(O)c1-c1ccccc1)c1cccc(O)c1-c1ccccc1. The molecule has 0 aliphatic carbocycles. The molecule has 5 nitrogen and oxygen atoms in total. The highest BCUT2D eigenvalue weighted by molar-refractivity contribution is 5.87. The fraction of sp³-hybridized carbons (Fsp3) is 0.100. The fourth-order valence-electron chi connectivity index (χ4n) is 3.87. The molecule has 4 aromatic rings. The number of phenols is 2. The quantitative estimate of drug-likeness (QED) is 0.224. The standard InChI is InChI=1S/C30H26O5/c1-20(2)30(33)34-19-27(23-15-9-16-24(31)28(23)21-11-5-3-6-12-21)35-26-18-10-17-25(32)29(26)22-13-7-4-8-14-22/h3-18,27,31-32H,1,19H2,2H3. The summed E-state index contributed by atoms with van der Waals surface area (Å²) in [6, 6.07) is 29.0. The Morgan fingerprint density at radius 3 is 1.91 bits per heavy atom. The van der Waals surface area contributed by atoms with Gasteiger partial charge in [0.2, 0.25) is 0 Å². The summed E-state index contributed by atoms with van der Waals surface area (Å²) in [5, 5.41) is 21.5. The van der Waals surface area contributed by atoms with E-state index in [0.717, 1.165) is 11.1 Å². The Kier molecular flexibility index (Phi) is 7.17. The van der Waals surface area contributed by atoms with Crippen LogP contribution < -0.4 is 4.74 Å². The highest BCUT2D eigenvalue weighted by atomic mass is 16.6. The summed E-state index contributed by atoms with van der Waals surface area (Å²) in [5.41, 5.74) is 3.56. The number of carbonyl (C=O) groups is 1. The Bertz CT molecular complexity index is 1330. The predicted molar refractivity (Wildman–Crippen MR) is 136 cm³/mol. The zero-order valence-corrected chi connectivity index (χ0v) is 19.3. The van der Waals surface area contributed by atoms with Gasteiger partial charge in [0.15, 0.2) is 6.10 Å². The van der Waals surface area contributed by atoms with Gasteiger partial charge in [0.05, 0.1) is 5.56 Å². The zero-order chi connectivity index (χ0) is 24.8. The molecular formula is C30H26O5. The van der Waals surface area contributed by atoms with Crippen LogP contribution in [0, 0.1) is 0 Å². The number of hydrogen-bond donors (Lipinski definition) is 2. The van der Waals surface area contributed by atoms with Crippen LogP contribution in [0.25, 0.3) is 22.3 Å². The minimum absolute atomic E-state index is 0.0607. The van der Waals surface area contributed by atoms with E-state index in [2.05, 4.69) is 6.58 Å². The normalized spacial score (nSPS) is 11.5. The van der Waals surface area contributed by atoms with E-state index in [-0.39, 0.29) is 23.7 Å². The third-order valence-electron chi connectivity index (χ3n) is 5.53. The molecule has 0 fully saturated rings. The molecule has 1 unspecified atom stereocenters. The lowest BCUT2D eigenvalue weighted by atomic mass is 9.95. The van der Waals surface area contributed by atoms with E-state index < -0.39 is 12.1 Å². The molecule has 0 aliphatic heterocycles. The summed E-state index contributed by atoms with van der Waals surface area (Å²) in [6.07, 6.45) is -0.787. The van der Waals surface area contributed by atoms with Gasteiger partial charge in [-0.05, 0) is 36.2 Å². The van der Waals surface area contributed by atoms with E-state index in [0.29, 0.717) is 22.4 Å². The molecule has 0 spiro atoms. The van der Waals surface area contributed by atoms with Gasteiger partial charge in [-0.3, -0.25) is 0 Å². The number of aromatic hydroxyl groups is 2. The van der Waals surface area contributed by atoms with Gasteiger partial charge in [-0.15, -0.1) is 0 Å². The first-order valence-electron chi connectivity index (χ1n) is 11.2. The summed E-state index contributed by atoms with van der Waals surface area (Å²) < 4.78 is 11.9. The molecule has 0 saturated heterocycles. The summed E-state index contributed by atoms with van der Waals surface area (Å²) in [5.74, 6) is 0.00688. The predicted octanol–water partition coefficient (Wildman–Crippen LogP) is 6.67. The van der Waals surface area contributed by atoms with E-state index in [1.165, 1.54) is 0 Å². The van der Waals surface area contributed by atoms with Gasteiger partial charge in [-0.1, -0.05) is 85.4 Å². The lowest BCUT2D eigenvalue weighted by molar-refractivity contribution is -0.141. The number of ether oxygens (including phenoxy) is 2. The van der Waals surface area contributed by atoms with Crippen molar-refractivity contribution in [3.05, 3.63) is 115 Å². The molecule has 0 heterocycles. The maximum absolute atomic E-state index is 12.2. The van der Waals surface area contributed by atoms with Crippen molar-refractivity contribution in [1.29, 1.82) is 0 Å². The fourth-order valence-corrected chi connectivity index (χ4v) is 3.87. The first-order valence-corrected chi connectivity index (χ1v) is 11.2. The molecular weight excluding hydrogens is 440 g/mol. The molecule has 1 atom stereocenters. The summed E-state index contributed by atoms with van der Waals surface area (Å²) in [4.78, 5) is 12.2. The van der Waals surface area contributed by atoms with Crippen LogP contribution in [-0.4, -0.2) is 22.8 Å². The summed E-state index contributed by atoms with van der Waals surface area (Å²) in [6.45, 7) is 5.09. The van der Waals surface area contributed by atoms with Crippen LogP contribution in [0.2, 0.25) is 0 Å². The lowest BCUT2D eigenvalue weighted by Crippen LogP contribution is -2.19. The maximum Gasteiger partial charge on any atom is 0.333 e. The topological polar surface area (TPSA) is 76.0 Å². The van der Waals surface area contributed by atoms with Crippen molar-refractivity contribution < 1.29 is 24.5 Å². The maximum atomic E-state index is 12.2. The van der Waals surface area contributed by atoms with Gasteiger partial charge < -0.3 is 19.7 Å². The van der Waals surface area contributed by atoms with Crippen molar-refractivity contribution in [1.82, 2.24) is 0 Å². The van der Waals surface area contributed by atoms with Crippen molar-refractivity contribution in [3.63, 3.8) is 0 Å². The number of benzene rings is 4. The molecule has 0 bridgehead atoms. The van der Waals surface area contributed by atoms with Crippen LogP contribution in [0.5, 0.6) is 17.2 Å². The Labute approximate surface area is 204 Å². The zero-order valence-electron chi connectivity index (χ0n) is 19.3. The molecule has 35 heavy (non-hydrogen) atoms. The van der Waals surface area contributed by atoms with Crippen LogP contribution >= 0.6 is 0 Å². The number of carbonyl (C=O) groups excluding carboxylic acids is 1. The number of phenolic OH excluding ortho intramolecular Hbond substituents is 2. The van der Waals surface area contributed by atoms with Crippen molar-refractivity contribution in [2.24, 2.45) is 0 Å². The Hall–Kier alpha value is -4.51. The van der Waals surface area contributed by atoms with Crippen LogP contribution in [0.4, 0.5) is 0 Å². The molecule has 4 aromatic carbocycles. The molecule has 2 N–H and O–H groups in total. The van der Waals surface area contributed by atoms with E-state index in [1.807, 2.05) is 66.7 Å². The molecule has 0 radical (unpaired) electrons. The largest absolute Gasteiger partial charge is 0.507 e. The number of esters is 1. The average Bonchev–Trinajstić information content (AvgIpc) is 2.87. The van der Waals surface area contributed by atoms with Gasteiger partial charge in [-0.25, -0.2) is 4.79 Å². The first kappa shape index (κ1) is 23.6. The van der Waals surface area contributed by atoms with E-state index in [1.54, 1.807) is 37.3 Å². The third kappa shape index (κ3) is 5.36. The van der Waals surface area contributed by atoms with Gasteiger partial charge in [-0.2, -0.15) is 0 Å². The average molecular weight is 467 g/mol. The highest BCUT2D eigenvalue weighted by Crippen LogP contribution is 2.42. The highest BCUT2D eigenvalue weighted by Gasteiger charge is 2.24. The molecule has 0 saturated carbocycles. The van der Waals surface area contributed by atoms with Crippen LogP contribution in [0.15, 0.2) is 109 Å². The number of rotatable bonds is 8. The van der Waals surface area contributed by atoms with Crippen molar-refractivity contribution in [2.75, 3.05) is 6.61 Å². The summed E-state index contributed by atoms with van der Waals surface area (Å²) >= 11 is 0. The second kappa shape index (κ2) is 10.6. The van der Waals surface area contributed by atoms with E-state index >= 15 is 0 Å². The monoisotopic (exact) mass is 466 g/mol. The molecule has 0 aliphatic rings. The van der Waals surface area contributed by atoms with Gasteiger partial charge >= 0.3 is 5.97 Å². The minimum atomic E-state index is -0.787. The van der Waals surface area contributed by atoms with Gasteiger partial charge in [0.25, 0.3) is 0 Å². The second-order valence-corrected chi connectivity index (χ2v) is 8.11. The van der Waals surface area contributed by atoms with Gasteiger partial charge in [0, 0.05) is 16.7 Å². The smallest absolute Gasteiger partial charge is 0.333 e. The molecule has 4 rings (SSSR count). The van der Waals surface area contributed by atoms with Gasteiger partial charge in [0.1, 0.15) is 23.9 Å². The molecule has 0 aromatic heterocycles. The Morgan fingerprint density at radius 1 is 0.771 bits per heavy atom. The van der Waals surface area contributed by atoms with Crippen LogP contribution in [0.1, 0.15) is 18.6 Å². The molecule has 0 amide bonds. The lowest BCUT2D eigenvalue weighted by Gasteiger charge is -2.24. The first-order chi connectivity index (χ1) is 17.0. The minimum Gasteiger partial charge on any atom is -0.507 e. The third-order valence-corrected chi connectivity index (χ3v) is 5.53. The molecule has 5 heteroatoms. The van der Waals surface area contributed by atoms with Crippen LogP contribution in [-0.2, 0) is 9.53 Å². The van der Waals surface area contributed by atoms with Crippen LogP contribution in [0.3, 0.4) is 0 Å². The second-order valence-electron chi connectivity index (χ2n) is 8.11. The number of hydrogen-bond acceptors (Lipinski definition) is 5. The Morgan fingerprint density at radius 2 is 1.31 bits per heavy atom. The van der Waals surface area contributed by atoms with Crippen molar-refractivity contribution in [3.8, 4) is 39.5 Å². The van der Waals surface area contributed by atoms with E-state index in [9.17, 15) is 15.0 Å². The molecule has 176 valence electrons. The van der Waals surface area contributed by atoms with E-state index in [4.69, 9.17) is 9.47 Å².